The monoisotopic (exact) mass is 231 g/mol. The van der Waals surface area contributed by atoms with Gasteiger partial charge in [0, 0.05) is 0 Å². The van der Waals surface area contributed by atoms with Crippen molar-refractivity contribution < 1.29 is 9.32 Å². The molecule has 2 N–H and O–H groups in total. The first-order valence-electron chi connectivity index (χ1n) is 4.86. The normalized spacial score (nSPS) is 12.7. The fraction of sp³-hybridized carbons (Fsp3) is 0.667. The molecule has 1 atom stereocenters. The van der Waals surface area contributed by atoms with Crippen LogP contribution in [-0.4, -0.2) is 16.0 Å². The third-order valence-corrected chi connectivity index (χ3v) is 2.33. The van der Waals surface area contributed by atoms with Crippen LogP contribution in [0.3, 0.4) is 0 Å². The molecule has 0 radical (unpaired) electrons. The first-order valence-corrected chi connectivity index (χ1v) is 5.40. The minimum atomic E-state index is -0.467. The van der Waals surface area contributed by atoms with Gasteiger partial charge in [-0.1, -0.05) is 24.9 Å². The van der Waals surface area contributed by atoms with Crippen LogP contribution in [0.5, 0.6) is 0 Å². The number of alkyl halides is 1. The van der Waals surface area contributed by atoms with Gasteiger partial charge in [0.25, 0.3) is 0 Å². The van der Waals surface area contributed by atoms with Crippen LogP contribution in [0.25, 0.3) is 0 Å². The predicted octanol–water partition coefficient (Wildman–Crippen LogP) is 1.57. The number of aromatic nitrogens is 2. The number of carbonyl (C=O) groups is 1. The standard InChI is InChI=1S/C9H14ClN3O2/c1-2-3-4-6(8(11)14)9-12-7(5-10)15-13-9/h6H,2-5H2,1H3,(H2,11,14). The number of amides is 1. The molecule has 0 saturated carbocycles. The highest BCUT2D eigenvalue weighted by atomic mass is 35.5. The molecular weight excluding hydrogens is 218 g/mol. The molecule has 0 aromatic carbocycles. The van der Waals surface area contributed by atoms with E-state index in [0.29, 0.717) is 18.1 Å². The van der Waals surface area contributed by atoms with Gasteiger partial charge in [-0.15, -0.1) is 11.6 Å². The van der Waals surface area contributed by atoms with Crippen molar-refractivity contribution in [3.05, 3.63) is 11.7 Å². The predicted molar refractivity (Wildman–Crippen MR) is 55.3 cm³/mol. The summed E-state index contributed by atoms with van der Waals surface area (Å²) in [7, 11) is 0. The topological polar surface area (TPSA) is 82.0 Å². The van der Waals surface area contributed by atoms with E-state index >= 15 is 0 Å². The summed E-state index contributed by atoms with van der Waals surface area (Å²) in [5.74, 6) is -0.0937. The van der Waals surface area contributed by atoms with Crippen molar-refractivity contribution in [2.24, 2.45) is 5.73 Å². The van der Waals surface area contributed by atoms with Crippen LogP contribution < -0.4 is 5.73 Å². The fourth-order valence-electron chi connectivity index (χ4n) is 1.27. The number of rotatable bonds is 6. The third kappa shape index (κ3) is 3.20. The molecule has 0 aliphatic carbocycles. The summed E-state index contributed by atoms with van der Waals surface area (Å²) < 4.78 is 4.82. The van der Waals surface area contributed by atoms with Crippen molar-refractivity contribution in [1.82, 2.24) is 10.1 Å². The van der Waals surface area contributed by atoms with Crippen molar-refractivity contribution in [2.45, 2.75) is 38.0 Å². The quantitative estimate of drug-likeness (QED) is 0.754. The van der Waals surface area contributed by atoms with Crippen LogP contribution in [0.2, 0.25) is 0 Å². The average Bonchev–Trinajstić information content (AvgIpc) is 2.66. The van der Waals surface area contributed by atoms with Crippen LogP contribution >= 0.6 is 11.6 Å². The molecule has 84 valence electrons. The van der Waals surface area contributed by atoms with Crippen molar-refractivity contribution in [3.8, 4) is 0 Å². The highest BCUT2D eigenvalue weighted by molar-refractivity contribution is 6.16. The Balaban J connectivity index is 2.74. The molecule has 0 saturated heterocycles. The van der Waals surface area contributed by atoms with Gasteiger partial charge in [0.15, 0.2) is 5.82 Å². The molecule has 0 aliphatic heterocycles. The number of hydrogen-bond donors (Lipinski definition) is 1. The molecule has 5 nitrogen and oxygen atoms in total. The van der Waals surface area contributed by atoms with Crippen molar-refractivity contribution in [3.63, 3.8) is 0 Å². The fourth-order valence-corrected chi connectivity index (χ4v) is 1.38. The van der Waals surface area contributed by atoms with Gasteiger partial charge >= 0.3 is 0 Å². The summed E-state index contributed by atoms with van der Waals surface area (Å²) in [4.78, 5) is 15.2. The molecule has 1 unspecified atom stereocenters. The van der Waals surface area contributed by atoms with E-state index in [0.717, 1.165) is 12.8 Å². The zero-order valence-corrected chi connectivity index (χ0v) is 9.33. The Labute approximate surface area is 93.0 Å². The van der Waals surface area contributed by atoms with Crippen LogP contribution in [0.15, 0.2) is 4.52 Å². The second kappa shape index (κ2) is 5.70. The Morgan fingerprint density at radius 3 is 2.87 bits per heavy atom. The lowest BCUT2D eigenvalue weighted by Crippen LogP contribution is -2.22. The maximum absolute atomic E-state index is 11.2. The van der Waals surface area contributed by atoms with E-state index in [9.17, 15) is 4.79 Å². The van der Waals surface area contributed by atoms with Crippen molar-refractivity contribution in [1.29, 1.82) is 0 Å². The summed E-state index contributed by atoms with van der Waals surface area (Å²) in [6.45, 7) is 2.04. The molecule has 0 spiro atoms. The molecule has 0 fully saturated rings. The lowest BCUT2D eigenvalue weighted by molar-refractivity contribution is -0.119. The number of hydrogen-bond acceptors (Lipinski definition) is 4. The van der Waals surface area contributed by atoms with Crippen LogP contribution in [0.4, 0.5) is 0 Å². The Bertz CT molecular complexity index is 327. The van der Waals surface area contributed by atoms with Crippen LogP contribution in [-0.2, 0) is 10.7 Å². The summed E-state index contributed by atoms with van der Waals surface area (Å²) >= 11 is 5.52. The van der Waals surface area contributed by atoms with Gasteiger partial charge in [-0.05, 0) is 6.42 Å². The lowest BCUT2D eigenvalue weighted by atomic mass is 10.0. The third-order valence-electron chi connectivity index (χ3n) is 2.10. The molecule has 1 amide bonds. The Morgan fingerprint density at radius 2 is 2.40 bits per heavy atom. The van der Waals surface area contributed by atoms with Gasteiger partial charge in [0.1, 0.15) is 11.8 Å². The van der Waals surface area contributed by atoms with Crippen molar-refractivity contribution >= 4 is 17.5 Å². The summed E-state index contributed by atoms with van der Waals surface area (Å²) in [5, 5.41) is 3.69. The first kappa shape index (κ1) is 12.0. The number of primary amides is 1. The molecule has 1 aromatic heterocycles. The van der Waals surface area contributed by atoms with E-state index in [1.807, 2.05) is 6.92 Å². The maximum Gasteiger partial charge on any atom is 0.241 e. The number of nitrogens with zero attached hydrogens (tertiary/aromatic N) is 2. The molecule has 1 heterocycles. The van der Waals surface area contributed by atoms with Gasteiger partial charge in [-0.25, -0.2) is 0 Å². The minimum Gasteiger partial charge on any atom is -0.369 e. The molecular formula is C9H14ClN3O2. The summed E-state index contributed by atoms with van der Waals surface area (Å²) in [6.07, 6.45) is 2.54. The van der Waals surface area contributed by atoms with E-state index in [1.165, 1.54) is 0 Å². The molecule has 15 heavy (non-hydrogen) atoms. The largest absolute Gasteiger partial charge is 0.369 e. The maximum atomic E-state index is 11.2. The van der Waals surface area contributed by atoms with Gasteiger partial charge in [0.2, 0.25) is 11.8 Å². The van der Waals surface area contributed by atoms with E-state index in [4.69, 9.17) is 21.9 Å². The highest BCUT2D eigenvalue weighted by Crippen LogP contribution is 2.19. The van der Waals surface area contributed by atoms with E-state index in [2.05, 4.69) is 10.1 Å². The minimum absolute atomic E-state index is 0.145. The molecule has 1 rings (SSSR count). The van der Waals surface area contributed by atoms with Crippen LogP contribution in [0.1, 0.15) is 43.8 Å². The average molecular weight is 232 g/mol. The number of nitrogens with two attached hydrogens (primary N) is 1. The summed E-state index contributed by atoms with van der Waals surface area (Å²) in [6, 6.07) is 0. The van der Waals surface area contributed by atoms with Gasteiger partial charge in [-0.2, -0.15) is 4.98 Å². The van der Waals surface area contributed by atoms with E-state index in [1.54, 1.807) is 0 Å². The smallest absolute Gasteiger partial charge is 0.241 e. The highest BCUT2D eigenvalue weighted by Gasteiger charge is 2.22. The molecule has 0 aliphatic rings. The molecule has 6 heteroatoms. The first-order chi connectivity index (χ1) is 7.19. The van der Waals surface area contributed by atoms with Gasteiger partial charge < -0.3 is 10.3 Å². The van der Waals surface area contributed by atoms with Crippen LogP contribution in [0, 0.1) is 0 Å². The molecule has 1 aromatic rings. The van der Waals surface area contributed by atoms with Gasteiger partial charge in [0.05, 0.1) is 0 Å². The number of unbranched alkanes of at least 4 members (excludes halogenated alkanes) is 1. The Kier molecular flexibility index (Phi) is 4.55. The molecule has 0 bridgehead atoms. The van der Waals surface area contributed by atoms with E-state index < -0.39 is 11.8 Å². The number of carbonyl (C=O) groups excluding carboxylic acids is 1. The lowest BCUT2D eigenvalue weighted by Gasteiger charge is -2.06. The zero-order chi connectivity index (χ0) is 11.3. The Morgan fingerprint density at radius 1 is 1.67 bits per heavy atom. The number of halogens is 1. The summed E-state index contributed by atoms with van der Waals surface area (Å²) in [5.41, 5.74) is 5.27. The second-order valence-electron chi connectivity index (χ2n) is 3.28. The zero-order valence-electron chi connectivity index (χ0n) is 8.57. The second-order valence-corrected chi connectivity index (χ2v) is 3.54. The SMILES string of the molecule is CCCCC(C(N)=O)c1noc(CCl)n1. The van der Waals surface area contributed by atoms with E-state index in [-0.39, 0.29) is 5.88 Å². The van der Waals surface area contributed by atoms with Gasteiger partial charge in [-0.3, -0.25) is 4.79 Å². The van der Waals surface area contributed by atoms with Crippen molar-refractivity contribution in [2.75, 3.05) is 0 Å². The Hall–Kier alpha value is -1.10.